The van der Waals surface area contributed by atoms with Crippen LogP contribution in [0.15, 0.2) is 71.7 Å². The zero-order chi connectivity index (χ0) is 21.8. The highest BCUT2D eigenvalue weighted by atomic mass is 16.5. The summed E-state index contributed by atoms with van der Waals surface area (Å²) in [5.41, 5.74) is 2.21. The number of pyridine rings is 1. The third kappa shape index (κ3) is 4.65. The Hall–Kier alpha value is -3.91. The van der Waals surface area contributed by atoms with Crippen LogP contribution in [0.1, 0.15) is 17.1 Å². The SMILES string of the molecule is Cc1cc(=O)c(O)c(COCc2cn(-c3ccc(Oc4ccccc4)cc3)nn2)n1C. The standard InChI is InChI=1S/C23H22N4O4/c1-16-12-22(28)23(29)21(26(16)2)15-30-14-17-13-27(25-24-17)18-8-10-20(11-9-18)31-19-6-4-3-5-7-19/h3-13,29H,14-15H2,1-2H3. The molecule has 0 saturated heterocycles. The molecule has 8 heteroatoms. The van der Waals surface area contributed by atoms with Crippen molar-refractivity contribution in [2.45, 2.75) is 20.1 Å². The first-order valence-electron chi connectivity index (χ1n) is 9.72. The summed E-state index contributed by atoms with van der Waals surface area (Å²) in [4.78, 5) is 11.8. The predicted octanol–water partition coefficient (Wildman–Crippen LogP) is 3.49. The molecule has 2 heterocycles. The Morgan fingerprint density at radius 2 is 1.71 bits per heavy atom. The van der Waals surface area contributed by atoms with E-state index in [1.165, 1.54) is 6.07 Å². The van der Waals surface area contributed by atoms with E-state index in [4.69, 9.17) is 9.47 Å². The van der Waals surface area contributed by atoms with Crippen LogP contribution in [0.2, 0.25) is 0 Å². The zero-order valence-electron chi connectivity index (χ0n) is 17.2. The van der Waals surface area contributed by atoms with Crippen molar-refractivity contribution in [3.05, 3.63) is 94.2 Å². The second-order valence-corrected chi connectivity index (χ2v) is 7.06. The lowest BCUT2D eigenvalue weighted by Gasteiger charge is -2.13. The molecule has 8 nitrogen and oxygen atoms in total. The Bertz CT molecular complexity index is 1230. The van der Waals surface area contributed by atoms with Crippen LogP contribution in [0.25, 0.3) is 5.69 Å². The molecule has 0 radical (unpaired) electrons. The Morgan fingerprint density at radius 1 is 1.00 bits per heavy atom. The molecule has 0 saturated carbocycles. The fraction of sp³-hybridized carbons (Fsp3) is 0.174. The topological polar surface area (TPSA) is 91.4 Å². The molecule has 0 aliphatic rings. The van der Waals surface area contributed by atoms with Crippen LogP contribution < -0.4 is 10.2 Å². The molecule has 0 atom stereocenters. The Morgan fingerprint density at radius 3 is 2.45 bits per heavy atom. The Labute approximate surface area is 178 Å². The third-order valence-corrected chi connectivity index (χ3v) is 4.89. The quantitative estimate of drug-likeness (QED) is 0.494. The first-order valence-corrected chi connectivity index (χ1v) is 9.72. The van der Waals surface area contributed by atoms with Gasteiger partial charge in [-0.05, 0) is 43.3 Å². The van der Waals surface area contributed by atoms with Crippen LogP contribution in [-0.2, 0) is 25.0 Å². The average molecular weight is 418 g/mol. The molecule has 2 aromatic heterocycles. The van der Waals surface area contributed by atoms with Gasteiger partial charge in [0, 0.05) is 18.8 Å². The van der Waals surface area contributed by atoms with Gasteiger partial charge in [0.25, 0.3) is 0 Å². The first kappa shape index (κ1) is 20.4. The number of aryl methyl sites for hydroxylation is 1. The molecule has 4 rings (SSSR count). The lowest BCUT2D eigenvalue weighted by Crippen LogP contribution is -2.14. The summed E-state index contributed by atoms with van der Waals surface area (Å²) in [6.45, 7) is 2.07. The highest BCUT2D eigenvalue weighted by molar-refractivity contribution is 5.39. The molecule has 158 valence electrons. The van der Waals surface area contributed by atoms with E-state index in [0.29, 0.717) is 11.4 Å². The number of hydrogen-bond donors (Lipinski definition) is 1. The molecule has 1 N–H and O–H groups in total. The molecule has 0 spiro atoms. The van der Waals surface area contributed by atoms with Crippen LogP contribution in [-0.4, -0.2) is 24.7 Å². The molecule has 2 aromatic carbocycles. The number of aromatic hydroxyl groups is 1. The van der Waals surface area contributed by atoms with Gasteiger partial charge in [0.05, 0.1) is 30.8 Å². The van der Waals surface area contributed by atoms with Gasteiger partial charge in [-0.2, -0.15) is 0 Å². The number of para-hydroxylation sites is 1. The van der Waals surface area contributed by atoms with E-state index < -0.39 is 5.43 Å². The molecular weight excluding hydrogens is 396 g/mol. The minimum absolute atomic E-state index is 0.0810. The Balaban J connectivity index is 1.38. The van der Waals surface area contributed by atoms with Crippen molar-refractivity contribution in [1.82, 2.24) is 19.6 Å². The van der Waals surface area contributed by atoms with Crippen molar-refractivity contribution in [2.75, 3.05) is 0 Å². The highest BCUT2D eigenvalue weighted by Crippen LogP contribution is 2.22. The van der Waals surface area contributed by atoms with Crippen molar-refractivity contribution in [1.29, 1.82) is 0 Å². The van der Waals surface area contributed by atoms with E-state index >= 15 is 0 Å². The van der Waals surface area contributed by atoms with Crippen molar-refractivity contribution >= 4 is 0 Å². The number of nitrogens with zero attached hydrogens (tertiary/aromatic N) is 4. The summed E-state index contributed by atoms with van der Waals surface area (Å²) >= 11 is 0. The number of aromatic nitrogens is 4. The summed E-state index contributed by atoms with van der Waals surface area (Å²) in [5.74, 6) is 1.20. The minimum Gasteiger partial charge on any atom is -0.503 e. The summed E-state index contributed by atoms with van der Waals surface area (Å²) in [6, 6.07) is 18.5. The first-order chi connectivity index (χ1) is 15.0. The molecule has 4 aromatic rings. The van der Waals surface area contributed by atoms with E-state index in [9.17, 15) is 9.90 Å². The summed E-state index contributed by atoms with van der Waals surface area (Å²) in [7, 11) is 1.77. The molecule has 0 fully saturated rings. The van der Waals surface area contributed by atoms with E-state index in [1.807, 2.05) is 54.6 Å². The van der Waals surface area contributed by atoms with Gasteiger partial charge in [-0.3, -0.25) is 4.79 Å². The van der Waals surface area contributed by atoms with Crippen LogP contribution in [0, 0.1) is 6.92 Å². The summed E-state index contributed by atoms with van der Waals surface area (Å²) in [6.07, 6.45) is 1.77. The highest BCUT2D eigenvalue weighted by Gasteiger charge is 2.11. The molecular formula is C23H22N4O4. The van der Waals surface area contributed by atoms with Gasteiger partial charge in [-0.25, -0.2) is 4.68 Å². The van der Waals surface area contributed by atoms with Crippen molar-refractivity contribution in [2.24, 2.45) is 7.05 Å². The number of hydrogen-bond acceptors (Lipinski definition) is 6. The van der Waals surface area contributed by atoms with Crippen molar-refractivity contribution < 1.29 is 14.6 Å². The van der Waals surface area contributed by atoms with Crippen LogP contribution in [0.4, 0.5) is 0 Å². The molecule has 0 amide bonds. The van der Waals surface area contributed by atoms with Crippen LogP contribution in [0.3, 0.4) is 0 Å². The van der Waals surface area contributed by atoms with Crippen LogP contribution in [0.5, 0.6) is 17.2 Å². The van der Waals surface area contributed by atoms with Crippen molar-refractivity contribution in [3.63, 3.8) is 0 Å². The lowest BCUT2D eigenvalue weighted by atomic mass is 10.2. The predicted molar refractivity (Wildman–Crippen MR) is 114 cm³/mol. The average Bonchev–Trinajstić information content (AvgIpc) is 3.25. The van der Waals surface area contributed by atoms with Gasteiger partial charge in [-0.1, -0.05) is 23.4 Å². The summed E-state index contributed by atoms with van der Waals surface area (Å²) in [5, 5.41) is 18.3. The number of rotatable bonds is 7. The van der Waals surface area contributed by atoms with Crippen molar-refractivity contribution in [3.8, 4) is 22.9 Å². The molecule has 0 bridgehead atoms. The Kier molecular flexibility index (Phi) is 5.81. The van der Waals surface area contributed by atoms with E-state index in [1.54, 1.807) is 29.4 Å². The zero-order valence-corrected chi connectivity index (χ0v) is 17.2. The van der Waals surface area contributed by atoms with Gasteiger partial charge < -0.3 is 19.1 Å². The summed E-state index contributed by atoms with van der Waals surface area (Å²) < 4.78 is 14.8. The monoisotopic (exact) mass is 418 g/mol. The molecule has 0 unspecified atom stereocenters. The van der Waals surface area contributed by atoms with Gasteiger partial charge in [-0.15, -0.1) is 5.10 Å². The smallest absolute Gasteiger partial charge is 0.223 e. The van der Waals surface area contributed by atoms with Crippen LogP contribution >= 0.6 is 0 Å². The van der Waals surface area contributed by atoms with E-state index in [2.05, 4.69) is 10.3 Å². The second kappa shape index (κ2) is 8.85. The van der Waals surface area contributed by atoms with E-state index in [0.717, 1.165) is 22.9 Å². The largest absolute Gasteiger partial charge is 0.503 e. The van der Waals surface area contributed by atoms with Gasteiger partial charge >= 0.3 is 0 Å². The third-order valence-electron chi connectivity index (χ3n) is 4.89. The number of ether oxygens (including phenoxy) is 2. The molecule has 0 aliphatic carbocycles. The molecule has 0 aliphatic heterocycles. The fourth-order valence-electron chi connectivity index (χ4n) is 3.07. The normalized spacial score (nSPS) is 10.9. The van der Waals surface area contributed by atoms with Gasteiger partial charge in [0.1, 0.15) is 17.2 Å². The maximum absolute atomic E-state index is 11.8. The molecule has 31 heavy (non-hydrogen) atoms. The minimum atomic E-state index is -0.417. The maximum Gasteiger partial charge on any atom is 0.223 e. The second-order valence-electron chi connectivity index (χ2n) is 7.06. The van der Waals surface area contributed by atoms with Gasteiger partial charge in [0.2, 0.25) is 5.43 Å². The lowest BCUT2D eigenvalue weighted by molar-refractivity contribution is 0.0975. The van der Waals surface area contributed by atoms with E-state index in [-0.39, 0.29) is 19.0 Å². The number of benzene rings is 2. The maximum atomic E-state index is 11.8. The fourth-order valence-corrected chi connectivity index (χ4v) is 3.07. The van der Waals surface area contributed by atoms with Gasteiger partial charge in [0.15, 0.2) is 5.75 Å².